The number of hydrogen-bond acceptors (Lipinski definition) is 3. The highest BCUT2D eigenvalue weighted by molar-refractivity contribution is 6.30. The Balaban J connectivity index is 1.66. The molecule has 2 heterocycles. The molecule has 1 N–H and O–H groups in total. The first-order valence-corrected chi connectivity index (χ1v) is 8.93. The standard InChI is InChI=1S/C19H22ClN3O2/c20-16-8-6-15(7-9-16)17(22-10-3-4-11-22)13-21-18(24)14-23-12-2-1-5-19(23)25/h1-2,5-9,12,17H,3-4,10-11,13-14H2,(H,21,24). The van der Waals surface area contributed by atoms with Crippen molar-refractivity contribution >= 4 is 17.5 Å². The Labute approximate surface area is 152 Å². The molecular weight excluding hydrogens is 338 g/mol. The van der Waals surface area contributed by atoms with Crippen LogP contribution in [0.3, 0.4) is 0 Å². The maximum absolute atomic E-state index is 12.3. The van der Waals surface area contributed by atoms with Gasteiger partial charge in [0.25, 0.3) is 5.56 Å². The molecular formula is C19H22ClN3O2. The number of carbonyl (C=O) groups excluding carboxylic acids is 1. The number of likely N-dealkylation sites (tertiary alicyclic amines) is 1. The monoisotopic (exact) mass is 359 g/mol. The number of carbonyl (C=O) groups is 1. The molecule has 1 saturated heterocycles. The molecule has 1 unspecified atom stereocenters. The SMILES string of the molecule is O=C(Cn1ccccc1=O)NCC(c1ccc(Cl)cc1)N1CCCC1. The summed E-state index contributed by atoms with van der Waals surface area (Å²) in [5, 5.41) is 3.68. The van der Waals surface area contributed by atoms with E-state index in [1.165, 1.54) is 23.5 Å². The van der Waals surface area contributed by atoms with Gasteiger partial charge in [-0.05, 0) is 49.7 Å². The van der Waals surface area contributed by atoms with Crippen molar-refractivity contribution in [1.82, 2.24) is 14.8 Å². The van der Waals surface area contributed by atoms with Gasteiger partial charge in [-0.25, -0.2) is 0 Å². The largest absolute Gasteiger partial charge is 0.353 e. The van der Waals surface area contributed by atoms with E-state index in [1.54, 1.807) is 18.3 Å². The molecule has 1 amide bonds. The van der Waals surface area contributed by atoms with Crippen molar-refractivity contribution in [3.63, 3.8) is 0 Å². The summed E-state index contributed by atoms with van der Waals surface area (Å²) in [5.41, 5.74) is 0.968. The van der Waals surface area contributed by atoms with Crippen LogP contribution in [0.4, 0.5) is 0 Å². The van der Waals surface area contributed by atoms with E-state index in [1.807, 2.05) is 24.3 Å². The van der Waals surface area contributed by atoms with E-state index >= 15 is 0 Å². The normalized spacial score (nSPS) is 15.9. The van der Waals surface area contributed by atoms with E-state index < -0.39 is 0 Å². The summed E-state index contributed by atoms with van der Waals surface area (Å²) >= 11 is 5.99. The van der Waals surface area contributed by atoms with Gasteiger partial charge in [0.05, 0.1) is 6.04 Å². The van der Waals surface area contributed by atoms with Crippen LogP contribution in [0.5, 0.6) is 0 Å². The van der Waals surface area contributed by atoms with Crippen molar-refractivity contribution in [3.8, 4) is 0 Å². The fourth-order valence-electron chi connectivity index (χ4n) is 3.21. The molecule has 1 aromatic carbocycles. The van der Waals surface area contributed by atoms with Crippen molar-refractivity contribution in [2.45, 2.75) is 25.4 Å². The Morgan fingerprint density at radius 1 is 1.12 bits per heavy atom. The highest BCUT2D eigenvalue weighted by Gasteiger charge is 2.24. The van der Waals surface area contributed by atoms with Crippen molar-refractivity contribution in [1.29, 1.82) is 0 Å². The molecule has 0 aliphatic carbocycles. The van der Waals surface area contributed by atoms with Crippen LogP contribution in [0.25, 0.3) is 0 Å². The van der Waals surface area contributed by atoms with Gasteiger partial charge in [0.1, 0.15) is 6.54 Å². The third-order valence-electron chi connectivity index (χ3n) is 4.54. The lowest BCUT2D eigenvalue weighted by Crippen LogP contribution is -2.39. The third-order valence-corrected chi connectivity index (χ3v) is 4.79. The van der Waals surface area contributed by atoms with Gasteiger partial charge < -0.3 is 9.88 Å². The van der Waals surface area contributed by atoms with Crippen LogP contribution in [0.2, 0.25) is 5.02 Å². The number of halogens is 1. The van der Waals surface area contributed by atoms with E-state index in [4.69, 9.17) is 11.6 Å². The Morgan fingerprint density at radius 2 is 1.84 bits per heavy atom. The van der Waals surface area contributed by atoms with Gasteiger partial charge in [0.15, 0.2) is 0 Å². The van der Waals surface area contributed by atoms with E-state index in [-0.39, 0.29) is 24.1 Å². The lowest BCUT2D eigenvalue weighted by Gasteiger charge is -2.28. The predicted molar refractivity (Wildman–Crippen MR) is 98.7 cm³/mol. The molecule has 1 atom stereocenters. The van der Waals surface area contributed by atoms with Gasteiger partial charge in [-0.2, -0.15) is 0 Å². The summed E-state index contributed by atoms with van der Waals surface area (Å²) in [6.45, 7) is 2.61. The van der Waals surface area contributed by atoms with Crippen molar-refractivity contribution in [2.24, 2.45) is 0 Å². The number of nitrogens with one attached hydrogen (secondary N) is 1. The van der Waals surface area contributed by atoms with E-state index in [2.05, 4.69) is 10.2 Å². The summed E-state index contributed by atoms with van der Waals surface area (Å²) in [7, 11) is 0. The van der Waals surface area contributed by atoms with Crippen LogP contribution in [0, 0.1) is 0 Å². The molecule has 25 heavy (non-hydrogen) atoms. The molecule has 1 aromatic heterocycles. The van der Waals surface area contributed by atoms with Crippen molar-refractivity contribution in [2.75, 3.05) is 19.6 Å². The molecule has 0 radical (unpaired) electrons. The summed E-state index contributed by atoms with van der Waals surface area (Å²) in [4.78, 5) is 26.4. The summed E-state index contributed by atoms with van der Waals surface area (Å²) < 4.78 is 1.41. The summed E-state index contributed by atoms with van der Waals surface area (Å²) in [6, 6.07) is 12.8. The Kier molecular flexibility index (Phi) is 5.89. The number of nitrogens with zero attached hydrogens (tertiary/aromatic N) is 2. The minimum Gasteiger partial charge on any atom is -0.353 e. The van der Waals surface area contributed by atoms with E-state index in [0.717, 1.165) is 18.7 Å². The second-order valence-electron chi connectivity index (χ2n) is 6.28. The van der Waals surface area contributed by atoms with Crippen molar-refractivity contribution in [3.05, 3.63) is 69.6 Å². The molecule has 0 spiro atoms. The number of benzene rings is 1. The van der Waals surface area contributed by atoms with Gasteiger partial charge in [-0.15, -0.1) is 0 Å². The van der Waals surface area contributed by atoms with Gasteiger partial charge in [0.2, 0.25) is 5.91 Å². The van der Waals surface area contributed by atoms with Gasteiger partial charge in [-0.1, -0.05) is 29.8 Å². The number of hydrogen-bond donors (Lipinski definition) is 1. The lowest BCUT2D eigenvalue weighted by atomic mass is 10.1. The first-order valence-electron chi connectivity index (χ1n) is 8.55. The van der Waals surface area contributed by atoms with Gasteiger partial charge in [-0.3, -0.25) is 14.5 Å². The molecule has 1 aliphatic rings. The Bertz CT molecular complexity index is 767. The van der Waals surface area contributed by atoms with Crippen LogP contribution in [0.1, 0.15) is 24.4 Å². The average molecular weight is 360 g/mol. The molecule has 6 heteroatoms. The molecule has 132 valence electrons. The smallest absolute Gasteiger partial charge is 0.250 e. The summed E-state index contributed by atoms with van der Waals surface area (Å²) in [5.74, 6) is -0.161. The fraction of sp³-hybridized carbons (Fsp3) is 0.368. The first-order chi connectivity index (χ1) is 12.1. The zero-order chi connectivity index (χ0) is 17.6. The third kappa shape index (κ3) is 4.71. The lowest BCUT2D eigenvalue weighted by molar-refractivity contribution is -0.122. The molecule has 0 saturated carbocycles. The molecule has 2 aromatic rings. The van der Waals surface area contributed by atoms with E-state index in [9.17, 15) is 9.59 Å². The maximum atomic E-state index is 12.3. The zero-order valence-electron chi connectivity index (χ0n) is 14.0. The van der Waals surface area contributed by atoms with Crippen LogP contribution in [-0.4, -0.2) is 35.0 Å². The van der Waals surface area contributed by atoms with Crippen molar-refractivity contribution < 1.29 is 4.79 Å². The average Bonchev–Trinajstić information content (AvgIpc) is 3.13. The Morgan fingerprint density at radius 3 is 2.52 bits per heavy atom. The number of pyridine rings is 1. The Hall–Kier alpha value is -2.11. The van der Waals surface area contributed by atoms with Gasteiger partial charge in [0, 0.05) is 23.8 Å². The molecule has 5 nitrogen and oxygen atoms in total. The fourth-order valence-corrected chi connectivity index (χ4v) is 3.33. The molecule has 0 bridgehead atoms. The maximum Gasteiger partial charge on any atom is 0.250 e. The number of rotatable bonds is 6. The minimum absolute atomic E-state index is 0.0347. The van der Waals surface area contributed by atoms with Crippen LogP contribution >= 0.6 is 11.6 Å². The zero-order valence-corrected chi connectivity index (χ0v) is 14.8. The van der Waals surface area contributed by atoms with Gasteiger partial charge >= 0.3 is 0 Å². The molecule has 1 aliphatic heterocycles. The quantitative estimate of drug-likeness (QED) is 0.862. The minimum atomic E-state index is -0.175. The summed E-state index contributed by atoms with van der Waals surface area (Å²) in [6.07, 6.45) is 3.98. The van der Waals surface area contributed by atoms with E-state index in [0.29, 0.717) is 11.6 Å². The van der Waals surface area contributed by atoms with Crippen LogP contribution < -0.4 is 10.9 Å². The molecule has 3 rings (SSSR count). The predicted octanol–water partition coefficient (Wildman–Crippen LogP) is 2.46. The first kappa shape index (κ1) is 17.7. The highest BCUT2D eigenvalue weighted by atomic mass is 35.5. The number of amides is 1. The molecule has 1 fully saturated rings. The second-order valence-corrected chi connectivity index (χ2v) is 6.72. The second kappa shape index (κ2) is 8.32. The topological polar surface area (TPSA) is 54.3 Å². The van der Waals surface area contributed by atoms with Crippen LogP contribution in [-0.2, 0) is 11.3 Å². The highest BCUT2D eigenvalue weighted by Crippen LogP contribution is 2.25. The number of aromatic nitrogens is 1. The van der Waals surface area contributed by atoms with Crippen LogP contribution in [0.15, 0.2) is 53.5 Å².